The van der Waals surface area contributed by atoms with Gasteiger partial charge in [-0.25, -0.2) is 0 Å². The van der Waals surface area contributed by atoms with E-state index in [1.54, 1.807) is 7.11 Å². The van der Waals surface area contributed by atoms with Gasteiger partial charge in [-0.3, -0.25) is 0 Å². The van der Waals surface area contributed by atoms with Crippen molar-refractivity contribution < 1.29 is 4.74 Å². The van der Waals surface area contributed by atoms with Crippen molar-refractivity contribution in [2.45, 2.75) is 46.1 Å². The molecule has 0 amide bonds. The van der Waals surface area contributed by atoms with Crippen LogP contribution in [0.2, 0.25) is 0 Å². The molecule has 1 aromatic rings. The molecule has 1 atom stereocenters. The Morgan fingerprint density at radius 3 is 2.59 bits per heavy atom. The summed E-state index contributed by atoms with van der Waals surface area (Å²) >= 11 is 0. The van der Waals surface area contributed by atoms with Crippen LogP contribution in [-0.2, 0) is 0 Å². The third-order valence-corrected chi connectivity index (χ3v) is 3.78. The van der Waals surface area contributed by atoms with E-state index in [9.17, 15) is 0 Å². The Morgan fingerprint density at radius 1 is 1.35 bits per heavy atom. The summed E-state index contributed by atoms with van der Waals surface area (Å²) in [5.41, 5.74) is 3.66. The van der Waals surface area contributed by atoms with Gasteiger partial charge in [0.1, 0.15) is 5.75 Å². The zero-order valence-corrected chi connectivity index (χ0v) is 11.3. The second-order valence-electron chi connectivity index (χ2n) is 5.08. The zero-order chi connectivity index (χ0) is 12.4. The Bertz CT molecular complexity index is 396. The van der Waals surface area contributed by atoms with Crippen LogP contribution in [0.25, 0.3) is 0 Å². The molecule has 2 nitrogen and oxygen atoms in total. The van der Waals surface area contributed by atoms with Gasteiger partial charge in [0.2, 0.25) is 0 Å². The fraction of sp³-hybridized carbons (Fsp3) is 0.600. The Morgan fingerprint density at radius 2 is 2.06 bits per heavy atom. The number of rotatable bonds is 5. The van der Waals surface area contributed by atoms with Crippen molar-refractivity contribution in [3.05, 3.63) is 23.3 Å². The van der Waals surface area contributed by atoms with Crippen LogP contribution in [0.4, 0.5) is 5.69 Å². The van der Waals surface area contributed by atoms with Crippen molar-refractivity contribution in [2.75, 3.05) is 12.4 Å². The molecule has 1 unspecified atom stereocenters. The Balaban J connectivity index is 2.20. The molecule has 17 heavy (non-hydrogen) atoms. The summed E-state index contributed by atoms with van der Waals surface area (Å²) in [4.78, 5) is 0. The number of methoxy groups -OCH3 is 1. The fourth-order valence-electron chi connectivity index (χ4n) is 2.55. The summed E-state index contributed by atoms with van der Waals surface area (Å²) in [6, 6.07) is 4.94. The average molecular weight is 233 g/mol. The highest BCUT2D eigenvalue weighted by Crippen LogP contribution is 2.37. The van der Waals surface area contributed by atoms with Crippen LogP contribution in [0.1, 0.15) is 37.3 Å². The molecular weight excluding hydrogens is 210 g/mol. The number of nitrogens with one attached hydrogen (secondary N) is 1. The van der Waals surface area contributed by atoms with Crippen LogP contribution in [0.15, 0.2) is 12.1 Å². The number of hydrogen-bond acceptors (Lipinski definition) is 2. The van der Waals surface area contributed by atoms with Gasteiger partial charge in [-0.15, -0.1) is 0 Å². The molecule has 0 bridgehead atoms. The summed E-state index contributed by atoms with van der Waals surface area (Å²) in [7, 11) is 1.75. The first-order chi connectivity index (χ1) is 8.17. The first kappa shape index (κ1) is 12.3. The Hall–Kier alpha value is -1.18. The van der Waals surface area contributed by atoms with Crippen molar-refractivity contribution in [1.29, 1.82) is 0 Å². The van der Waals surface area contributed by atoms with E-state index in [2.05, 4.69) is 38.2 Å². The van der Waals surface area contributed by atoms with E-state index < -0.39 is 0 Å². The Kier molecular flexibility index (Phi) is 3.60. The molecule has 1 aromatic carbocycles. The fourth-order valence-corrected chi connectivity index (χ4v) is 2.55. The molecular formula is C15H23NO. The minimum absolute atomic E-state index is 0.626. The van der Waals surface area contributed by atoms with Crippen molar-refractivity contribution >= 4 is 5.69 Å². The third-order valence-electron chi connectivity index (χ3n) is 3.78. The van der Waals surface area contributed by atoms with Crippen LogP contribution in [0, 0.1) is 19.8 Å². The maximum atomic E-state index is 5.47. The second-order valence-corrected chi connectivity index (χ2v) is 5.08. The molecule has 1 fully saturated rings. The van der Waals surface area contributed by atoms with Crippen LogP contribution >= 0.6 is 0 Å². The molecule has 1 aliphatic rings. The van der Waals surface area contributed by atoms with Crippen molar-refractivity contribution in [1.82, 2.24) is 0 Å². The van der Waals surface area contributed by atoms with Crippen LogP contribution in [0.3, 0.4) is 0 Å². The minimum atomic E-state index is 0.626. The van der Waals surface area contributed by atoms with Gasteiger partial charge >= 0.3 is 0 Å². The van der Waals surface area contributed by atoms with E-state index in [1.807, 2.05) is 0 Å². The lowest BCUT2D eigenvalue weighted by molar-refractivity contribution is 0.408. The highest BCUT2D eigenvalue weighted by molar-refractivity contribution is 5.60. The largest absolute Gasteiger partial charge is 0.496 e. The predicted molar refractivity (Wildman–Crippen MR) is 72.9 cm³/mol. The predicted octanol–water partition coefficient (Wildman–Crippen LogP) is 3.91. The molecule has 0 saturated heterocycles. The average Bonchev–Trinajstić information content (AvgIpc) is 3.13. The molecule has 0 aliphatic heterocycles. The molecule has 0 heterocycles. The standard InChI is InChI=1S/C15H23NO/c1-5-13(12-7-8-12)16-14-9-6-10(2)15(17-4)11(14)3/h6,9,12-13,16H,5,7-8H2,1-4H3. The van der Waals surface area contributed by atoms with Crippen LogP contribution in [0.5, 0.6) is 5.75 Å². The van der Waals surface area contributed by atoms with Gasteiger partial charge < -0.3 is 10.1 Å². The molecule has 2 heteroatoms. The number of benzene rings is 1. The second kappa shape index (κ2) is 4.99. The molecule has 2 rings (SSSR count). The summed E-state index contributed by atoms with van der Waals surface area (Å²) in [5.74, 6) is 1.90. The highest BCUT2D eigenvalue weighted by Gasteiger charge is 2.30. The van der Waals surface area contributed by atoms with E-state index in [0.29, 0.717) is 6.04 Å². The molecule has 0 aromatic heterocycles. The van der Waals surface area contributed by atoms with E-state index in [4.69, 9.17) is 4.74 Å². The van der Waals surface area contributed by atoms with E-state index in [1.165, 1.54) is 36.1 Å². The summed E-state index contributed by atoms with van der Waals surface area (Å²) < 4.78 is 5.47. The first-order valence-electron chi connectivity index (χ1n) is 6.58. The number of anilines is 1. The van der Waals surface area contributed by atoms with Crippen molar-refractivity contribution in [3.8, 4) is 5.75 Å². The van der Waals surface area contributed by atoms with Crippen LogP contribution in [-0.4, -0.2) is 13.2 Å². The first-order valence-corrected chi connectivity index (χ1v) is 6.58. The molecule has 1 N–H and O–H groups in total. The maximum absolute atomic E-state index is 5.47. The molecule has 94 valence electrons. The van der Waals surface area contributed by atoms with Gasteiger partial charge in [0.25, 0.3) is 0 Å². The van der Waals surface area contributed by atoms with E-state index in [-0.39, 0.29) is 0 Å². The maximum Gasteiger partial charge on any atom is 0.126 e. The lowest BCUT2D eigenvalue weighted by atomic mass is 10.1. The van der Waals surface area contributed by atoms with E-state index in [0.717, 1.165) is 11.7 Å². The molecule has 1 saturated carbocycles. The highest BCUT2D eigenvalue weighted by atomic mass is 16.5. The summed E-state index contributed by atoms with van der Waals surface area (Å²) in [6.45, 7) is 6.48. The lowest BCUT2D eigenvalue weighted by Crippen LogP contribution is -2.21. The van der Waals surface area contributed by atoms with Gasteiger partial charge in [-0.2, -0.15) is 0 Å². The summed E-state index contributed by atoms with van der Waals surface area (Å²) in [5, 5.41) is 3.68. The van der Waals surface area contributed by atoms with Crippen molar-refractivity contribution in [3.63, 3.8) is 0 Å². The SMILES string of the molecule is CCC(Nc1ccc(C)c(OC)c1C)C1CC1. The van der Waals surface area contributed by atoms with Crippen LogP contribution < -0.4 is 10.1 Å². The van der Waals surface area contributed by atoms with Crippen molar-refractivity contribution in [2.24, 2.45) is 5.92 Å². The Labute approximate surface area is 104 Å². The molecule has 1 aliphatic carbocycles. The normalized spacial score (nSPS) is 16.7. The smallest absolute Gasteiger partial charge is 0.126 e. The van der Waals surface area contributed by atoms with Gasteiger partial charge in [0, 0.05) is 17.3 Å². The monoisotopic (exact) mass is 233 g/mol. The molecule has 0 spiro atoms. The van der Waals surface area contributed by atoms with Gasteiger partial charge in [-0.1, -0.05) is 13.0 Å². The van der Waals surface area contributed by atoms with Gasteiger partial charge in [-0.05, 0) is 50.7 Å². The third kappa shape index (κ3) is 2.56. The lowest BCUT2D eigenvalue weighted by Gasteiger charge is -2.21. The number of aryl methyl sites for hydroxylation is 1. The minimum Gasteiger partial charge on any atom is -0.496 e. The zero-order valence-electron chi connectivity index (χ0n) is 11.3. The topological polar surface area (TPSA) is 21.3 Å². The van der Waals surface area contributed by atoms with Gasteiger partial charge in [0.15, 0.2) is 0 Å². The quantitative estimate of drug-likeness (QED) is 0.832. The number of ether oxygens (including phenoxy) is 1. The number of hydrogen-bond donors (Lipinski definition) is 1. The van der Waals surface area contributed by atoms with Gasteiger partial charge in [0.05, 0.1) is 7.11 Å². The van der Waals surface area contributed by atoms with E-state index >= 15 is 0 Å². The molecule has 0 radical (unpaired) electrons. The summed E-state index contributed by atoms with van der Waals surface area (Å²) in [6.07, 6.45) is 3.96.